The van der Waals surface area contributed by atoms with Crippen molar-refractivity contribution in [2.45, 2.75) is 38.6 Å². The summed E-state index contributed by atoms with van der Waals surface area (Å²) < 4.78 is 17.0. The lowest BCUT2D eigenvalue weighted by Crippen LogP contribution is -2.37. The maximum atomic E-state index is 13.4. The number of carbonyl (C=O) groups excluding carboxylic acids is 2. The Morgan fingerprint density at radius 3 is 2.46 bits per heavy atom. The number of hydrogen-bond acceptors (Lipinski definition) is 8. The van der Waals surface area contributed by atoms with E-state index in [0.29, 0.717) is 60.7 Å². The quantitative estimate of drug-likeness (QED) is 0.452. The molecule has 4 rings (SSSR count). The first-order chi connectivity index (χ1) is 18.9. The second kappa shape index (κ2) is 13.1. The zero-order chi connectivity index (χ0) is 27.9. The topological polar surface area (TPSA) is 106 Å². The normalized spacial score (nSPS) is 16.3. The minimum atomic E-state index is -0.361. The zero-order valence-electron chi connectivity index (χ0n) is 23.1. The smallest absolute Gasteiger partial charge is 0.222 e. The molecule has 1 fully saturated rings. The third-order valence-corrected chi connectivity index (χ3v) is 8.11. The van der Waals surface area contributed by atoms with Crippen molar-refractivity contribution < 1.29 is 23.8 Å². The van der Waals surface area contributed by atoms with Gasteiger partial charge in [0.2, 0.25) is 23.0 Å². The van der Waals surface area contributed by atoms with E-state index < -0.39 is 0 Å². The minimum Gasteiger partial charge on any atom is -0.493 e. The molecule has 1 unspecified atom stereocenters. The fraction of sp³-hybridized carbons (Fsp3) is 0.483. The molecule has 10 heteroatoms. The van der Waals surface area contributed by atoms with Gasteiger partial charge < -0.3 is 29.7 Å². The standard InChI is InChI=1S/C29H37N3O6S/c1-18(33)31-22-9-7-19-16-25(36-2)28(37-3)29(38-4)27(19)20-8-10-23(24(34)17-21(20)22)30-11-5-6-26(35)32-12-14-39-15-13-32/h8,10,16-17,22H,5-7,9,11-15H2,1-4H3,(H,30,34)(H,31,33). The molecule has 2 N–H and O–H groups in total. The van der Waals surface area contributed by atoms with Gasteiger partial charge in [0.1, 0.15) is 0 Å². The molecule has 1 saturated heterocycles. The van der Waals surface area contributed by atoms with Crippen LogP contribution in [0.4, 0.5) is 5.69 Å². The Hall–Kier alpha value is -3.40. The molecule has 2 aromatic rings. The first kappa shape index (κ1) is 28.6. The minimum absolute atomic E-state index is 0.163. The molecule has 9 nitrogen and oxygen atoms in total. The number of nitrogens with zero attached hydrogens (tertiary/aromatic N) is 1. The van der Waals surface area contributed by atoms with Crippen LogP contribution in [0, 0.1) is 0 Å². The van der Waals surface area contributed by atoms with Crippen LogP contribution in [-0.4, -0.2) is 69.2 Å². The Labute approximate surface area is 233 Å². The van der Waals surface area contributed by atoms with Crippen molar-refractivity contribution in [2.24, 2.45) is 0 Å². The Kier molecular flexibility index (Phi) is 9.61. The molecular weight excluding hydrogens is 518 g/mol. The van der Waals surface area contributed by atoms with Gasteiger partial charge in [-0.2, -0.15) is 11.8 Å². The summed E-state index contributed by atoms with van der Waals surface area (Å²) in [5.41, 5.74) is 3.53. The lowest BCUT2D eigenvalue weighted by molar-refractivity contribution is -0.130. The number of rotatable bonds is 9. The summed E-state index contributed by atoms with van der Waals surface area (Å²) in [6, 6.07) is 6.82. The van der Waals surface area contributed by atoms with Crippen molar-refractivity contribution in [1.82, 2.24) is 10.2 Å². The Morgan fingerprint density at radius 2 is 1.79 bits per heavy atom. The van der Waals surface area contributed by atoms with Crippen LogP contribution in [0.2, 0.25) is 0 Å². The predicted octanol–water partition coefficient (Wildman–Crippen LogP) is 3.63. The summed E-state index contributed by atoms with van der Waals surface area (Å²) in [5, 5.41) is 6.25. The number of thioether (sulfide) groups is 1. The van der Waals surface area contributed by atoms with E-state index in [0.717, 1.165) is 41.3 Å². The number of nitrogens with one attached hydrogen (secondary N) is 2. The first-order valence-corrected chi connectivity index (χ1v) is 14.4. The van der Waals surface area contributed by atoms with Gasteiger partial charge in [-0.15, -0.1) is 0 Å². The molecule has 2 amide bonds. The number of anilines is 1. The Bertz CT molecular complexity index is 1280. The second-order valence-corrected chi connectivity index (χ2v) is 10.8. The molecule has 0 aromatic heterocycles. The summed E-state index contributed by atoms with van der Waals surface area (Å²) in [4.78, 5) is 39.9. The molecule has 1 aliphatic carbocycles. The summed E-state index contributed by atoms with van der Waals surface area (Å²) in [6.07, 6.45) is 2.31. The number of aryl methyl sites for hydroxylation is 1. The van der Waals surface area contributed by atoms with E-state index in [9.17, 15) is 14.4 Å². The SMILES string of the molecule is COc1cc2c(c(OC)c1OC)-c1ccc(NCCCC(=O)N3CCSCC3)c(=O)cc1C(NC(C)=O)CC2. The fourth-order valence-corrected chi connectivity index (χ4v) is 6.19. The molecule has 0 radical (unpaired) electrons. The molecule has 1 atom stereocenters. The summed E-state index contributed by atoms with van der Waals surface area (Å²) in [5.74, 6) is 3.50. The average molecular weight is 556 g/mol. The maximum absolute atomic E-state index is 13.4. The van der Waals surface area contributed by atoms with Gasteiger partial charge in [0.25, 0.3) is 0 Å². The van der Waals surface area contributed by atoms with Crippen molar-refractivity contribution >= 4 is 29.3 Å². The second-order valence-electron chi connectivity index (χ2n) is 9.62. The van der Waals surface area contributed by atoms with Crippen LogP contribution in [-0.2, 0) is 16.0 Å². The molecule has 2 aliphatic rings. The van der Waals surface area contributed by atoms with E-state index in [1.807, 2.05) is 28.8 Å². The van der Waals surface area contributed by atoms with Crippen LogP contribution in [0.15, 0.2) is 29.1 Å². The van der Waals surface area contributed by atoms with Crippen LogP contribution in [0.25, 0.3) is 11.1 Å². The fourth-order valence-electron chi connectivity index (χ4n) is 5.29. The van der Waals surface area contributed by atoms with E-state index in [2.05, 4.69) is 10.6 Å². The zero-order valence-corrected chi connectivity index (χ0v) is 23.9. The molecule has 0 saturated carbocycles. The number of carbonyl (C=O) groups is 2. The van der Waals surface area contributed by atoms with Gasteiger partial charge >= 0.3 is 0 Å². The summed E-state index contributed by atoms with van der Waals surface area (Å²) in [6.45, 7) is 3.58. The van der Waals surface area contributed by atoms with Crippen molar-refractivity contribution in [3.8, 4) is 28.4 Å². The van der Waals surface area contributed by atoms with Gasteiger partial charge in [-0.3, -0.25) is 14.4 Å². The summed E-state index contributed by atoms with van der Waals surface area (Å²) >= 11 is 1.87. The van der Waals surface area contributed by atoms with Crippen LogP contribution in [0.5, 0.6) is 17.2 Å². The highest BCUT2D eigenvalue weighted by Crippen LogP contribution is 2.50. The molecule has 210 valence electrons. The third kappa shape index (κ3) is 6.43. The van der Waals surface area contributed by atoms with Gasteiger partial charge in [0.05, 0.1) is 33.1 Å². The molecule has 1 aliphatic heterocycles. The number of fused-ring (bicyclic) bond motifs is 3. The van der Waals surface area contributed by atoms with E-state index in [4.69, 9.17) is 14.2 Å². The van der Waals surface area contributed by atoms with Crippen molar-refractivity contribution in [1.29, 1.82) is 0 Å². The number of amides is 2. The van der Waals surface area contributed by atoms with Gasteiger partial charge in [-0.05, 0) is 54.2 Å². The highest BCUT2D eigenvalue weighted by Gasteiger charge is 2.29. The third-order valence-electron chi connectivity index (χ3n) is 7.16. The van der Waals surface area contributed by atoms with Crippen LogP contribution >= 0.6 is 11.8 Å². The highest BCUT2D eigenvalue weighted by atomic mass is 32.2. The van der Waals surface area contributed by atoms with Crippen LogP contribution in [0.3, 0.4) is 0 Å². The monoisotopic (exact) mass is 555 g/mol. The highest BCUT2D eigenvalue weighted by molar-refractivity contribution is 7.99. The van der Waals surface area contributed by atoms with Crippen LogP contribution in [0.1, 0.15) is 43.4 Å². The van der Waals surface area contributed by atoms with Crippen LogP contribution < -0.4 is 30.3 Å². The molecule has 2 aromatic carbocycles. The number of methoxy groups -OCH3 is 3. The lowest BCUT2D eigenvalue weighted by Gasteiger charge is -2.26. The Morgan fingerprint density at radius 1 is 1.05 bits per heavy atom. The largest absolute Gasteiger partial charge is 0.493 e. The number of hydrogen-bond donors (Lipinski definition) is 2. The van der Waals surface area contributed by atoms with E-state index in [1.165, 1.54) is 6.92 Å². The maximum Gasteiger partial charge on any atom is 0.222 e. The number of benzene rings is 1. The molecule has 0 bridgehead atoms. The van der Waals surface area contributed by atoms with E-state index in [-0.39, 0.29) is 23.3 Å². The first-order valence-electron chi connectivity index (χ1n) is 13.2. The molecule has 1 heterocycles. The predicted molar refractivity (Wildman–Crippen MR) is 154 cm³/mol. The Balaban J connectivity index is 1.68. The molecule has 39 heavy (non-hydrogen) atoms. The summed E-state index contributed by atoms with van der Waals surface area (Å²) in [7, 11) is 4.71. The van der Waals surface area contributed by atoms with Gasteiger partial charge in [0, 0.05) is 50.0 Å². The average Bonchev–Trinajstić information content (AvgIpc) is 3.18. The van der Waals surface area contributed by atoms with Crippen molar-refractivity contribution in [2.75, 3.05) is 57.8 Å². The lowest BCUT2D eigenvalue weighted by atomic mass is 9.95. The van der Waals surface area contributed by atoms with E-state index >= 15 is 0 Å². The number of ether oxygens (including phenoxy) is 3. The van der Waals surface area contributed by atoms with Crippen molar-refractivity contribution in [3.05, 3.63) is 45.6 Å². The van der Waals surface area contributed by atoms with Gasteiger partial charge in [-0.1, -0.05) is 6.07 Å². The molecule has 0 spiro atoms. The van der Waals surface area contributed by atoms with E-state index in [1.54, 1.807) is 33.5 Å². The van der Waals surface area contributed by atoms with Crippen molar-refractivity contribution in [3.63, 3.8) is 0 Å². The molecular formula is C29H37N3O6S. The van der Waals surface area contributed by atoms with Gasteiger partial charge in [-0.25, -0.2) is 0 Å². The van der Waals surface area contributed by atoms with Gasteiger partial charge in [0.15, 0.2) is 11.5 Å².